The van der Waals surface area contributed by atoms with E-state index in [-0.39, 0.29) is 17.9 Å². The van der Waals surface area contributed by atoms with Crippen molar-refractivity contribution in [2.24, 2.45) is 5.92 Å². The minimum absolute atomic E-state index is 0.0225. The second-order valence-corrected chi connectivity index (χ2v) is 6.27. The van der Waals surface area contributed by atoms with Crippen LogP contribution in [0, 0.1) is 5.92 Å². The number of ether oxygens (including phenoxy) is 1. The van der Waals surface area contributed by atoms with Crippen LogP contribution in [0.5, 0.6) is 0 Å². The molecule has 1 N–H and O–H groups in total. The molecule has 6 nitrogen and oxygen atoms in total. The summed E-state index contributed by atoms with van der Waals surface area (Å²) in [5.41, 5.74) is -0.491. The van der Waals surface area contributed by atoms with Crippen LogP contribution in [-0.2, 0) is 9.53 Å². The number of likely N-dealkylation sites (N-methyl/N-ethyl adjacent to an activating group) is 1. The number of carbonyl (C=O) groups is 2. The van der Waals surface area contributed by atoms with Gasteiger partial charge in [0, 0.05) is 26.2 Å². The smallest absolute Gasteiger partial charge is 0.410 e. The molecule has 1 saturated heterocycles. The molecule has 1 heterocycles. The van der Waals surface area contributed by atoms with E-state index in [1.165, 1.54) is 0 Å². The molecule has 0 radical (unpaired) electrons. The molecule has 0 aliphatic carbocycles. The van der Waals surface area contributed by atoms with E-state index in [0.717, 1.165) is 13.1 Å². The number of likely N-dealkylation sites (tertiary alicyclic amines) is 1. The van der Waals surface area contributed by atoms with Crippen molar-refractivity contribution in [1.82, 2.24) is 15.1 Å². The molecular weight excluding hydrogens is 258 g/mol. The molecule has 1 aliphatic heterocycles. The van der Waals surface area contributed by atoms with Gasteiger partial charge in [-0.3, -0.25) is 4.79 Å². The van der Waals surface area contributed by atoms with Crippen molar-refractivity contribution in [3.05, 3.63) is 0 Å². The molecule has 116 valence electrons. The number of hydrogen-bond acceptors (Lipinski definition) is 4. The molecule has 0 unspecified atom stereocenters. The minimum Gasteiger partial charge on any atom is -0.444 e. The van der Waals surface area contributed by atoms with Gasteiger partial charge < -0.3 is 19.9 Å². The van der Waals surface area contributed by atoms with Gasteiger partial charge in [-0.2, -0.15) is 0 Å². The van der Waals surface area contributed by atoms with Crippen LogP contribution in [0.4, 0.5) is 4.79 Å². The fraction of sp³-hybridized carbons (Fsp3) is 0.857. The van der Waals surface area contributed by atoms with Crippen molar-refractivity contribution in [2.45, 2.75) is 33.3 Å². The number of rotatable bonds is 5. The van der Waals surface area contributed by atoms with Gasteiger partial charge in [0.25, 0.3) is 0 Å². The Balaban J connectivity index is 2.20. The van der Waals surface area contributed by atoms with Gasteiger partial charge in [0.15, 0.2) is 0 Å². The summed E-state index contributed by atoms with van der Waals surface area (Å²) in [6.45, 7) is 10.9. The molecule has 0 aromatic heterocycles. The van der Waals surface area contributed by atoms with Gasteiger partial charge in [0.05, 0.1) is 5.92 Å². The summed E-state index contributed by atoms with van der Waals surface area (Å²) in [6, 6.07) is 0. The molecule has 0 saturated carbocycles. The van der Waals surface area contributed by atoms with E-state index < -0.39 is 5.60 Å². The van der Waals surface area contributed by atoms with Crippen LogP contribution in [0.3, 0.4) is 0 Å². The summed E-state index contributed by atoms with van der Waals surface area (Å²) in [4.78, 5) is 27.3. The molecule has 0 aromatic carbocycles. The SMILES string of the molecule is CCN(C)CCNC(=O)C1CN(C(=O)OC(C)(C)C)C1. The van der Waals surface area contributed by atoms with Gasteiger partial charge in [-0.1, -0.05) is 6.92 Å². The van der Waals surface area contributed by atoms with E-state index in [1.54, 1.807) is 4.90 Å². The van der Waals surface area contributed by atoms with Crippen molar-refractivity contribution in [3.8, 4) is 0 Å². The third-order valence-corrected chi connectivity index (χ3v) is 3.24. The first-order chi connectivity index (χ1) is 9.23. The third kappa shape index (κ3) is 5.36. The highest BCUT2D eigenvalue weighted by molar-refractivity contribution is 5.82. The summed E-state index contributed by atoms with van der Waals surface area (Å²) in [5.74, 6) is -0.0798. The lowest BCUT2D eigenvalue weighted by Gasteiger charge is -2.38. The fourth-order valence-corrected chi connectivity index (χ4v) is 1.79. The maximum absolute atomic E-state index is 11.8. The number of hydrogen-bond donors (Lipinski definition) is 1. The molecule has 20 heavy (non-hydrogen) atoms. The highest BCUT2D eigenvalue weighted by atomic mass is 16.6. The maximum Gasteiger partial charge on any atom is 0.410 e. The monoisotopic (exact) mass is 285 g/mol. The zero-order valence-electron chi connectivity index (χ0n) is 13.2. The van der Waals surface area contributed by atoms with Crippen molar-refractivity contribution in [1.29, 1.82) is 0 Å². The topological polar surface area (TPSA) is 61.9 Å². The largest absolute Gasteiger partial charge is 0.444 e. The second kappa shape index (κ2) is 6.92. The molecule has 1 fully saturated rings. The van der Waals surface area contributed by atoms with Gasteiger partial charge in [-0.05, 0) is 34.4 Å². The molecule has 1 rings (SSSR count). The lowest BCUT2D eigenvalue weighted by atomic mass is 10.00. The number of amides is 2. The zero-order valence-corrected chi connectivity index (χ0v) is 13.2. The Kier molecular flexibility index (Phi) is 5.80. The Morgan fingerprint density at radius 1 is 1.35 bits per heavy atom. The first-order valence-corrected chi connectivity index (χ1v) is 7.17. The van der Waals surface area contributed by atoms with E-state index in [1.807, 2.05) is 27.8 Å². The molecular formula is C14H27N3O3. The first kappa shape index (κ1) is 16.8. The molecule has 0 spiro atoms. The maximum atomic E-state index is 11.8. The summed E-state index contributed by atoms with van der Waals surface area (Å²) in [6.07, 6.45) is -0.340. The lowest BCUT2D eigenvalue weighted by molar-refractivity contribution is -0.129. The normalized spacial score (nSPS) is 16.0. The number of nitrogens with one attached hydrogen (secondary N) is 1. The first-order valence-electron chi connectivity index (χ1n) is 7.17. The molecule has 2 amide bonds. The summed E-state index contributed by atoms with van der Waals surface area (Å²) in [7, 11) is 2.01. The Labute approximate surface area is 121 Å². The molecule has 0 aromatic rings. The van der Waals surface area contributed by atoms with Crippen LogP contribution in [-0.4, -0.2) is 67.2 Å². The average molecular weight is 285 g/mol. The fourth-order valence-electron chi connectivity index (χ4n) is 1.79. The van der Waals surface area contributed by atoms with Gasteiger partial charge in [-0.25, -0.2) is 4.79 Å². The molecule has 6 heteroatoms. The lowest BCUT2D eigenvalue weighted by Crippen LogP contribution is -2.57. The van der Waals surface area contributed by atoms with Gasteiger partial charge in [0.2, 0.25) is 5.91 Å². The van der Waals surface area contributed by atoms with Gasteiger partial charge >= 0.3 is 6.09 Å². The van der Waals surface area contributed by atoms with E-state index >= 15 is 0 Å². The van der Waals surface area contributed by atoms with E-state index in [2.05, 4.69) is 17.1 Å². The van der Waals surface area contributed by atoms with Gasteiger partial charge in [-0.15, -0.1) is 0 Å². The highest BCUT2D eigenvalue weighted by Crippen LogP contribution is 2.19. The van der Waals surface area contributed by atoms with Crippen LogP contribution in [0.15, 0.2) is 0 Å². The molecule has 0 bridgehead atoms. The Morgan fingerprint density at radius 3 is 2.45 bits per heavy atom. The van der Waals surface area contributed by atoms with Gasteiger partial charge in [0.1, 0.15) is 5.60 Å². The Morgan fingerprint density at radius 2 is 1.95 bits per heavy atom. The van der Waals surface area contributed by atoms with Crippen LogP contribution >= 0.6 is 0 Å². The van der Waals surface area contributed by atoms with E-state index in [4.69, 9.17) is 4.74 Å². The van der Waals surface area contributed by atoms with E-state index in [9.17, 15) is 9.59 Å². The van der Waals surface area contributed by atoms with Crippen molar-refractivity contribution >= 4 is 12.0 Å². The predicted molar refractivity (Wildman–Crippen MR) is 77.5 cm³/mol. The quantitative estimate of drug-likeness (QED) is 0.816. The summed E-state index contributed by atoms with van der Waals surface area (Å²) in [5, 5.41) is 2.90. The van der Waals surface area contributed by atoms with Crippen LogP contribution in [0.25, 0.3) is 0 Å². The Hall–Kier alpha value is -1.30. The predicted octanol–water partition coefficient (Wildman–Crippen LogP) is 0.921. The third-order valence-electron chi connectivity index (χ3n) is 3.24. The van der Waals surface area contributed by atoms with Crippen molar-refractivity contribution in [2.75, 3.05) is 39.8 Å². The zero-order chi connectivity index (χ0) is 15.3. The summed E-state index contributed by atoms with van der Waals surface area (Å²) >= 11 is 0. The minimum atomic E-state index is -0.491. The molecule has 0 atom stereocenters. The number of nitrogens with zero attached hydrogens (tertiary/aromatic N) is 2. The van der Waals surface area contributed by atoms with E-state index in [0.29, 0.717) is 19.6 Å². The molecule has 1 aliphatic rings. The second-order valence-electron chi connectivity index (χ2n) is 6.27. The van der Waals surface area contributed by atoms with Crippen molar-refractivity contribution in [3.63, 3.8) is 0 Å². The number of carbonyl (C=O) groups excluding carboxylic acids is 2. The van der Waals surface area contributed by atoms with Crippen LogP contribution in [0.2, 0.25) is 0 Å². The standard InChI is InChI=1S/C14H27N3O3/c1-6-16(5)8-7-15-12(18)11-9-17(10-11)13(19)20-14(2,3)4/h11H,6-10H2,1-5H3,(H,15,18). The highest BCUT2D eigenvalue weighted by Gasteiger charge is 2.37. The average Bonchev–Trinajstić information content (AvgIpc) is 2.24. The van der Waals surface area contributed by atoms with Crippen LogP contribution < -0.4 is 5.32 Å². The van der Waals surface area contributed by atoms with Crippen LogP contribution in [0.1, 0.15) is 27.7 Å². The summed E-state index contributed by atoms with van der Waals surface area (Å²) < 4.78 is 5.25. The Bertz CT molecular complexity index is 346. The van der Waals surface area contributed by atoms with Crippen molar-refractivity contribution < 1.29 is 14.3 Å².